The Morgan fingerprint density at radius 1 is 1.12 bits per heavy atom. The number of amides is 4. The summed E-state index contributed by atoms with van der Waals surface area (Å²) in [5.41, 5.74) is 0.474. The number of ether oxygens (including phenoxy) is 1. The summed E-state index contributed by atoms with van der Waals surface area (Å²) in [6.45, 7) is 1.08. The molecule has 8 heteroatoms. The van der Waals surface area contributed by atoms with Crippen LogP contribution in [0.1, 0.15) is 46.9 Å². The van der Waals surface area contributed by atoms with Crippen LogP contribution in [0.25, 0.3) is 0 Å². The summed E-state index contributed by atoms with van der Waals surface area (Å²) in [4.78, 5) is 62.6. The van der Waals surface area contributed by atoms with Crippen molar-refractivity contribution in [3.05, 3.63) is 35.4 Å². The molecule has 2 aliphatic heterocycles. The van der Waals surface area contributed by atoms with E-state index in [1.54, 1.807) is 19.1 Å². The molecule has 0 saturated carbocycles. The van der Waals surface area contributed by atoms with Crippen molar-refractivity contribution in [3.8, 4) is 0 Å². The average molecular weight is 344 g/mol. The SMILES string of the molecule is CCC(=O)OCN1C(=O)CCC(N2C(=O)c3ccccc3C2=O)C1=O. The molecule has 1 fully saturated rings. The van der Waals surface area contributed by atoms with Crippen LogP contribution in [0.5, 0.6) is 0 Å². The van der Waals surface area contributed by atoms with Gasteiger partial charge in [0, 0.05) is 12.8 Å². The number of esters is 1. The molecule has 1 saturated heterocycles. The molecule has 2 heterocycles. The fourth-order valence-electron chi connectivity index (χ4n) is 2.93. The molecule has 3 rings (SSSR count). The Kier molecular flexibility index (Phi) is 4.35. The highest BCUT2D eigenvalue weighted by Crippen LogP contribution is 2.28. The van der Waals surface area contributed by atoms with E-state index >= 15 is 0 Å². The zero-order valence-corrected chi connectivity index (χ0v) is 13.6. The molecule has 0 radical (unpaired) electrons. The Balaban J connectivity index is 1.82. The van der Waals surface area contributed by atoms with Gasteiger partial charge < -0.3 is 4.74 Å². The highest BCUT2D eigenvalue weighted by Gasteiger charge is 2.47. The number of piperidine rings is 1. The summed E-state index contributed by atoms with van der Waals surface area (Å²) in [6, 6.07) is 5.24. The first-order valence-electron chi connectivity index (χ1n) is 7.92. The Bertz CT molecular complexity index is 752. The van der Waals surface area contributed by atoms with Crippen LogP contribution < -0.4 is 0 Å². The first-order chi connectivity index (χ1) is 12.0. The van der Waals surface area contributed by atoms with Crippen molar-refractivity contribution in [2.24, 2.45) is 0 Å². The molecule has 0 bridgehead atoms. The summed E-state index contributed by atoms with van der Waals surface area (Å²) in [7, 11) is 0. The van der Waals surface area contributed by atoms with Crippen LogP contribution in [0, 0.1) is 0 Å². The summed E-state index contributed by atoms with van der Waals surface area (Å²) < 4.78 is 4.85. The zero-order valence-electron chi connectivity index (χ0n) is 13.6. The number of carbonyl (C=O) groups excluding carboxylic acids is 5. The quantitative estimate of drug-likeness (QED) is 0.589. The van der Waals surface area contributed by atoms with E-state index in [0.29, 0.717) is 0 Å². The molecule has 0 aromatic heterocycles. The van der Waals surface area contributed by atoms with Gasteiger partial charge in [0.05, 0.1) is 11.1 Å². The Labute approximate surface area is 143 Å². The number of hydrogen-bond acceptors (Lipinski definition) is 6. The summed E-state index contributed by atoms with van der Waals surface area (Å²) in [5, 5.41) is 0. The van der Waals surface area contributed by atoms with Gasteiger partial charge in [-0.05, 0) is 18.6 Å². The smallest absolute Gasteiger partial charge is 0.307 e. The van der Waals surface area contributed by atoms with Crippen molar-refractivity contribution < 1.29 is 28.7 Å². The third-order valence-corrected chi connectivity index (χ3v) is 4.26. The Hall–Kier alpha value is -3.03. The van der Waals surface area contributed by atoms with E-state index in [4.69, 9.17) is 4.74 Å². The van der Waals surface area contributed by atoms with E-state index in [1.165, 1.54) is 12.1 Å². The standard InChI is InChI=1S/C17H16N2O6/c1-2-14(21)25-9-18-13(20)8-7-12(17(18)24)19-15(22)10-5-3-4-6-11(10)16(19)23/h3-6,12H,2,7-9H2,1H3. The van der Waals surface area contributed by atoms with Gasteiger partial charge in [0.1, 0.15) is 6.04 Å². The summed E-state index contributed by atoms with van der Waals surface area (Å²) >= 11 is 0. The van der Waals surface area contributed by atoms with Gasteiger partial charge in [-0.25, -0.2) is 4.90 Å². The van der Waals surface area contributed by atoms with Gasteiger partial charge in [0.15, 0.2) is 6.73 Å². The van der Waals surface area contributed by atoms with E-state index < -0.39 is 42.4 Å². The number of carbonyl (C=O) groups is 5. The number of rotatable bonds is 4. The van der Waals surface area contributed by atoms with E-state index in [-0.39, 0.29) is 30.4 Å². The molecule has 130 valence electrons. The highest BCUT2D eigenvalue weighted by atomic mass is 16.5. The number of likely N-dealkylation sites (tertiary alicyclic amines) is 1. The number of benzene rings is 1. The van der Waals surface area contributed by atoms with Crippen molar-refractivity contribution in [1.29, 1.82) is 0 Å². The Morgan fingerprint density at radius 2 is 1.72 bits per heavy atom. The van der Waals surface area contributed by atoms with Crippen LogP contribution in [-0.4, -0.2) is 52.2 Å². The number of fused-ring (bicyclic) bond motifs is 1. The zero-order chi connectivity index (χ0) is 18.1. The molecule has 25 heavy (non-hydrogen) atoms. The first-order valence-corrected chi connectivity index (χ1v) is 7.92. The van der Waals surface area contributed by atoms with Crippen molar-refractivity contribution in [3.63, 3.8) is 0 Å². The third kappa shape index (κ3) is 2.79. The van der Waals surface area contributed by atoms with E-state index in [1.807, 2.05) is 0 Å². The van der Waals surface area contributed by atoms with E-state index in [2.05, 4.69) is 0 Å². The first kappa shape index (κ1) is 16.8. The predicted molar refractivity (Wildman–Crippen MR) is 83.1 cm³/mol. The number of hydrogen-bond donors (Lipinski definition) is 0. The molecule has 1 unspecified atom stereocenters. The lowest BCUT2D eigenvalue weighted by molar-refractivity contribution is -0.163. The van der Waals surface area contributed by atoms with Gasteiger partial charge in [-0.2, -0.15) is 0 Å². The lowest BCUT2D eigenvalue weighted by Crippen LogP contribution is -2.56. The second-order valence-electron chi connectivity index (χ2n) is 5.74. The van der Waals surface area contributed by atoms with Crippen molar-refractivity contribution >= 4 is 29.6 Å². The molecular weight excluding hydrogens is 328 g/mol. The molecule has 1 aromatic rings. The summed E-state index contributed by atoms with van der Waals surface area (Å²) in [5.74, 6) is -2.88. The second-order valence-corrected chi connectivity index (χ2v) is 5.74. The van der Waals surface area contributed by atoms with Crippen LogP contribution >= 0.6 is 0 Å². The maximum absolute atomic E-state index is 12.6. The average Bonchev–Trinajstić information content (AvgIpc) is 2.86. The van der Waals surface area contributed by atoms with Gasteiger partial charge >= 0.3 is 5.97 Å². The minimum Gasteiger partial charge on any atom is -0.444 e. The van der Waals surface area contributed by atoms with E-state index in [9.17, 15) is 24.0 Å². The fourth-order valence-corrected chi connectivity index (χ4v) is 2.93. The maximum Gasteiger partial charge on any atom is 0.307 e. The molecule has 1 atom stereocenters. The molecule has 2 aliphatic rings. The molecule has 1 aromatic carbocycles. The lowest BCUT2D eigenvalue weighted by Gasteiger charge is -2.33. The van der Waals surface area contributed by atoms with Gasteiger partial charge in [0.2, 0.25) is 5.91 Å². The molecule has 0 N–H and O–H groups in total. The van der Waals surface area contributed by atoms with Gasteiger partial charge in [-0.3, -0.25) is 28.9 Å². The second kappa shape index (κ2) is 6.46. The molecule has 0 spiro atoms. The monoisotopic (exact) mass is 344 g/mol. The van der Waals surface area contributed by atoms with E-state index in [0.717, 1.165) is 9.80 Å². The fraction of sp³-hybridized carbons (Fsp3) is 0.353. The van der Waals surface area contributed by atoms with Crippen LogP contribution in [0.2, 0.25) is 0 Å². The van der Waals surface area contributed by atoms with Crippen LogP contribution in [0.3, 0.4) is 0 Å². The van der Waals surface area contributed by atoms with Crippen LogP contribution in [-0.2, 0) is 19.1 Å². The number of nitrogens with zero attached hydrogens (tertiary/aromatic N) is 2. The maximum atomic E-state index is 12.6. The van der Waals surface area contributed by atoms with Crippen molar-refractivity contribution in [1.82, 2.24) is 9.80 Å². The van der Waals surface area contributed by atoms with Crippen LogP contribution in [0.4, 0.5) is 0 Å². The minimum atomic E-state index is -1.08. The highest BCUT2D eigenvalue weighted by molar-refractivity contribution is 6.23. The predicted octanol–water partition coefficient (Wildman–Crippen LogP) is 0.711. The minimum absolute atomic E-state index is 0.0203. The van der Waals surface area contributed by atoms with Gasteiger partial charge in [0.25, 0.3) is 17.7 Å². The lowest BCUT2D eigenvalue weighted by atomic mass is 10.0. The van der Waals surface area contributed by atoms with Crippen LogP contribution in [0.15, 0.2) is 24.3 Å². The normalized spacial score (nSPS) is 20.1. The third-order valence-electron chi connectivity index (χ3n) is 4.26. The largest absolute Gasteiger partial charge is 0.444 e. The molecule has 4 amide bonds. The molecule has 8 nitrogen and oxygen atoms in total. The number of imide groups is 2. The van der Waals surface area contributed by atoms with Crippen molar-refractivity contribution in [2.45, 2.75) is 32.2 Å². The van der Waals surface area contributed by atoms with Gasteiger partial charge in [-0.15, -0.1) is 0 Å². The topological polar surface area (TPSA) is 101 Å². The summed E-state index contributed by atoms with van der Waals surface area (Å²) in [6.07, 6.45) is 0.146. The van der Waals surface area contributed by atoms with Crippen molar-refractivity contribution in [2.75, 3.05) is 6.73 Å². The molecular formula is C17H16N2O6. The Morgan fingerprint density at radius 3 is 2.28 bits per heavy atom. The molecule has 0 aliphatic carbocycles. The van der Waals surface area contributed by atoms with Gasteiger partial charge in [-0.1, -0.05) is 19.1 Å².